The van der Waals surface area contributed by atoms with Gasteiger partial charge >= 0.3 is 0 Å². The lowest BCUT2D eigenvalue weighted by Crippen LogP contribution is -2.52. The van der Waals surface area contributed by atoms with E-state index in [1.807, 2.05) is 12.3 Å². The third-order valence-electron chi connectivity index (χ3n) is 8.52. The third kappa shape index (κ3) is 5.09. The molecule has 0 radical (unpaired) electrons. The maximum atomic E-state index is 13.0. The van der Waals surface area contributed by atoms with Gasteiger partial charge in [0.05, 0.1) is 0 Å². The lowest BCUT2D eigenvalue weighted by Gasteiger charge is -2.41. The standard InChI is InChI=1S/C29H40N8O/c1-34(2)28(38)26-19-21-20-31-29(33-27(21)37(26)25-5-3-4-6-25)32-22-7-9-23(10-8-22)35-15-17-36(18-16-35)24-11-13-30-14-12-24/h7-10,19-20,24-25,30H,3-6,11-18H2,1-2H3,(H,31,32,33). The van der Waals surface area contributed by atoms with Crippen molar-refractivity contribution in [2.45, 2.75) is 50.6 Å². The molecule has 2 aromatic heterocycles. The van der Waals surface area contributed by atoms with Gasteiger partial charge in [-0.25, -0.2) is 4.98 Å². The zero-order valence-electron chi connectivity index (χ0n) is 22.7. The summed E-state index contributed by atoms with van der Waals surface area (Å²) in [6, 6.07) is 11.6. The molecule has 1 aromatic carbocycles. The molecule has 1 saturated carbocycles. The summed E-state index contributed by atoms with van der Waals surface area (Å²) in [5.41, 5.74) is 3.76. The van der Waals surface area contributed by atoms with Crippen molar-refractivity contribution in [1.29, 1.82) is 0 Å². The van der Waals surface area contributed by atoms with Crippen LogP contribution in [0.15, 0.2) is 36.5 Å². The Hall–Kier alpha value is -3.17. The second kappa shape index (κ2) is 10.9. The maximum Gasteiger partial charge on any atom is 0.270 e. The summed E-state index contributed by atoms with van der Waals surface area (Å²) >= 11 is 0. The van der Waals surface area contributed by atoms with Gasteiger partial charge in [0.2, 0.25) is 5.95 Å². The summed E-state index contributed by atoms with van der Waals surface area (Å²) in [7, 11) is 3.60. The number of piperazine rings is 1. The van der Waals surface area contributed by atoms with E-state index >= 15 is 0 Å². The first-order valence-electron chi connectivity index (χ1n) is 14.2. The molecule has 2 saturated heterocycles. The van der Waals surface area contributed by atoms with E-state index in [-0.39, 0.29) is 5.91 Å². The highest BCUT2D eigenvalue weighted by molar-refractivity contribution is 5.97. The number of fused-ring (bicyclic) bond motifs is 1. The van der Waals surface area contributed by atoms with E-state index in [1.54, 1.807) is 19.0 Å². The highest BCUT2D eigenvalue weighted by Crippen LogP contribution is 2.35. The molecule has 2 aliphatic heterocycles. The van der Waals surface area contributed by atoms with Crippen LogP contribution in [0.2, 0.25) is 0 Å². The largest absolute Gasteiger partial charge is 0.369 e. The van der Waals surface area contributed by atoms with E-state index in [4.69, 9.17) is 4.98 Å². The van der Waals surface area contributed by atoms with Crippen molar-refractivity contribution >= 4 is 34.3 Å². The molecule has 9 heteroatoms. The van der Waals surface area contributed by atoms with Crippen LogP contribution in [0.1, 0.15) is 55.1 Å². The van der Waals surface area contributed by atoms with Gasteiger partial charge in [-0.1, -0.05) is 12.8 Å². The van der Waals surface area contributed by atoms with Crippen molar-refractivity contribution < 1.29 is 4.79 Å². The molecule has 1 aliphatic carbocycles. The minimum absolute atomic E-state index is 0.0107. The summed E-state index contributed by atoms with van der Waals surface area (Å²) < 4.78 is 2.16. The number of carbonyl (C=O) groups is 1. The molecule has 0 bridgehead atoms. The number of aromatic nitrogens is 3. The predicted molar refractivity (Wildman–Crippen MR) is 152 cm³/mol. The van der Waals surface area contributed by atoms with E-state index in [0.29, 0.717) is 17.7 Å². The van der Waals surface area contributed by atoms with E-state index in [1.165, 1.54) is 31.4 Å². The Morgan fingerprint density at radius 3 is 2.37 bits per heavy atom. The highest BCUT2D eigenvalue weighted by atomic mass is 16.2. The van der Waals surface area contributed by atoms with E-state index in [9.17, 15) is 4.79 Å². The van der Waals surface area contributed by atoms with Gasteiger partial charge in [0, 0.05) is 75.3 Å². The molecular weight excluding hydrogens is 476 g/mol. The molecule has 0 spiro atoms. The monoisotopic (exact) mass is 516 g/mol. The molecule has 38 heavy (non-hydrogen) atoms. The number of piperidine rings is 1. The summed E-state index contributed by atoms with van der Waals surface area (Å²) in [6.45, 7) is 6.72. The number of benzene rings is 1. The van der Waals surface area contributed by atoms with Crippen LogP contribution in [0.3, 0.4) is 0 Å². The quantitative estimate of drug-likeness (QED) is 0.515. The molecule has 9 nitrogen and oxygen atoms in total. The molecule has 4 heterocycles. The predicted octanol–water partition coefficient (Wildman–Crippen LogP) is 3.87. The maximum absolute atomic E-state index is 13.0. The van der Waals surface area contributed by atoms with Crippen LogP contribution >= 0.6 is 0 Å². The Balaban J connectivity index is 1.16. The van der Waals surface area contributed by atoms with Crippen LogP contribution in [0.5, 0.6) is 0 Å². The minimum atomic E-state index is 0.0107. The van der Waals surface area contributed by atoms with Crippen molar-refractivity contribution in [3.8, 4) is 0 Å². The van der Waals surface area contributed by atoms with Crippen molar-refractivity contribution in [3.63, 3.8) is 0 Å². The number of amides is 1. The first-order valence-corrected chi connectivity index (χ1v) is 14.2. The second-order valence-electron chi connectivity index (χ2n) is 11.2. The van der Waals surface area contributed by atoms with Gasteiger partial charge in [-0.15, -0.1) is 0 Å². The third-order valence-corrected chi connectivity index (χ3v) is 8.52. The van der Waals surface area contributed by atoms with Gasteiger partial charge in [-0.3, -0.25) is 9.69 Å². The summed E-state index contributed by atoms with van der Waals surface area (Å²) in [5.74, 6) is 0.568. The van der Waals surface area contributed by atoms with Crippen LogP contribution in [-0.2, 0) is 0 Å². The number of anilines is 3. The Morgan fingerprint density at radius 2 is 1.68 bits per heavy atom. The zero-order chi connectivity index (χ0) is 26.1. The van der Waals surface area contributed by atoms with Crippen LogP contribution in [0, 0.1) is 0 Å². The summed E-state index contributed by atoms with van der Waals surface area (Å²) in [5, 5.41) is 7.78. The van der Waals surface area contributed by atoms with Gasteiger partial charge in [-0.2, -0.15) is 4.98 Å². The molecule has 0 atom stereocenters. The molecule has 0 unspecified atom stereocenters. The first kappa shape index (κ1) is 25.1. The molecule has 202 valence electrons. The number of carbonyl (C=O) groups excluding carboxylic acids is 1. The number of nitrogens with zero attached hydrogens (tertiary/aromatic N) is 6. The fourth-order valence-electron chi connectivity index (χ4n) is 6.40. The lowest BCUT2D eigenvalue weighted by atomic mass is 10.0. The van der Waals surface area contributed by atoms with Crippen molar-refractivity contribution in [3.05, 3.63) is 42.2 Å². The Labute approximate surface area is 225 Å². The molecule has 3 aromatic rings. The zero-order valence-corrected chi connectivity index (χ0v) is 22.7. The molecule has 3 fully saturated rings. The van der Waals surface area contributed by atoms with E-state index < -0.39 is 0 Å². The minimum Gasteiger partial charge on any atom is -0.369 e. The number of hydrogen-bond acceptors (Lipinski definition) is 7. The average molecular weight is 517 g/mol. The number of nitrogens with one attached hydrogen (secondary N) is 2. The van der Waals surface area contributed by atoms with Crippen LogP contribution < -0.4 is 15.5 Å². The van der Waals surface area contributed by atoms with Gasteiger partial charge in [0.1, 0.15) is 11.3 Å². The molecular formula is C29H40N8O. The van der Waals surface area contributed by atoms with Gasteiger partial charge < -0.3 is 25.0 Å². The average Bonchev–Trinajstić information content (AvgIpc) is 3.61. The lowest BCUT2D eigenvalue weighted by molar-refractivity contribution is 0.0815. The van der Waals surface area contributed by atoms with Crippen LogP contribution in [-0.4, -0.2) is 89.6 Å². The van der Waals surface area contributed by atoms with Crippen molar-refractivity contribution in [1.82, 2.24) is 29.7 Å². The number of rotatable bonds is 6. The summed E-state index contributed by atoms with van der Waals surface area (Å²) in [6.07, 6.45) is 8.92. The summed E-state index contributed by atoms with van der Waals surface area (Å²) in [4.78, 5) is 29.2. The normalized spacial score (nSPS) is 19.8. The molecule has 1 amide bonds. The Kier molecular flexibility index (Phi) is 7.21. The van der Waals surface area contributed by atoms with Gasteiger partial charge in [0.25, 0.3) is 5.91 Å². The molecule has 3 aliphatic rings. The molecule has 6 rings (SSSR count). The Morgan fingerprint density at radius 1 is 0.974 bits per heavy atom. The highest BCUT2D eigenvalue weighted by Gasteiger charge is 2.27. The fraction of sp³-hybridized carbons (Fsp3) is 0.552. The smallest absolute Gasteiger partial charge is 0.270 e. The van der Waals surface area contributed by atoms with Gasteiger partial charge in [-0.05, 0) is 69.1 Å². The van der Waals surface area contributed by atoms with Crippen LogP contribution in [0.4, 0.5) is 17.3 Å². The van der Waals surface area contributed by atoms with E-state index in [0.717, 1.165) is 74.9 Å². The number of hydrogen-bond donors (Lipinski definition) is 2. The topological polar surface area (TPSA) is 81.6 Å². The molecule has 2 N–H and O–H groups in total. The SMILES string of the molecule is CN(C)C(=O)c1cc2cnc(Nc3ccc(N4CCN(C5CCNCC5)CC4)cc3)nc2n1C1CCCC1. The Bertz CT molecular complexity index is 1250. The second-order valence-corrected chi connectivity index (χ2v) is 11.2. The van der Waals surface area contributed by atoms with Crippen LogP contribution in [0.25, 0.3) is 11.0 Å². The first-order chi connectivity index (χ1) is 18.6. The van der Waals surface area contributed by atoms with Crippen molar-refractivity contribution in [2.24, 2.45) is 0 Å². The van der Waals surface area contributed by atoms with Gasteiger partial charge in [0.15, 0.2) is 0 Å². The van der Waals surface area contributed by atoms with E-state index in [2.05, 4.69) is 54.2 Å². The fourth-order valence-corrected chi connectivity index (χ4v) is 6.40. The van der Waals surface area contributed by atoms with Crippen molar-refractivity contribution in [2.75, 3.05) is 63.6 Å².